The van der Waals surface area contributed by atoms with Crippen LogP contribution in [0.3, 0.4) is 0 Å². The quantitative estimate of drug-likeness (QED) is 0.352. The standard InChI is InChI=1S/C16H31N3OS2.HI/c1-4-17-14(18-12-15(2)6-5-11-22-15)19-13-16(21-3)7-9-20-10-8-16;/h4-13H2,1-3H3,(H2,17,18,19);1H. The highest BCUT2D eigenvalue weighted by molar-refractivity contribution is 14.0. The van der Waals surface area contributed by atoms with Gasteiger partial charge < -0.3 is 15.4 Å². The lowest BCUT2D eigenvalue weighted by Gasteiger charge is -2.36. The van der Waals surface area contributed by atoms with E-state index in [1.807, 2.05) is 11.8 Å². The molecule has 4 nitrogen and oxygen atoms in total. The number of rotatable bonds is 6. The predicted octanol–water partition coefficient (Wildman–Crippen LogP) is 3.36. The molecule has 0 spiro atoms. The molecule has 1 unspecified atom stereocenters. The Morgan fingerprint density at radius 2 is 2.00 bits per heavy atom. The van der Waals surface area contributed by atoms with Crippen LogP contribution in [0.5, 0.6) is 0 Å². The van der Waals surface area contributed by atoms with Crippen LogP contribution in [-0.4, -0.2) is 60.3 Å². The van der Waals surface area contributed by atoms with Crippen molar-refractivity contribution in [2.45, 2.75) is 49.0 Å². The molecule has 0 saturated carbocycles. The zero-order chi connectivity index (χ0) is 15.9. The summed E-state index contributed by atoms with van der Waals surface area (Å²) >= 11 is 4.04. The Morgan fingerprint density at radius 3 is 2.57 bits per heavy atom. The first-order valence-electron chi connectivity index (χ1n) is 8.40. The van der Waals surface area contributed by atoms with E-state index in [1.54, 1.807) is 0 Å². The molecule has 0 radical (unpaired) electrons. The van der Waals surface area contributed by atoms with Crippen LogP contribution in [-0.2, 0) is 4.74 Å². The van der Waals surface area contributed by atoms with Crippen LogP contribution in [0.4, 0.5) is 0 Å². The van der Waals surface area contributed by atoms with Gasteiger partial charge in [-0.2, -0.15) is 23.5 Å². The van der Waals surface area contributed by atoms with Crippen LogP contribution in [0.25, 0.3) is 0 Å². The Balaban J connectivity index is 0.00000264. The molecular formula is C16H32IN3OS2. The van der Waals surface area contributed by atoms with Crippen LogP contribution in [0.1, 0.15) is 39.5 Å². The predicted molar refractivity (Wildman–Crippen MR) is 116 cm³/mol. The number of hydrogen-bond acceptors (Lipinski definition) is 4. The Bertz CT molecular complexity index is 370. The minimum Gasteiger partial charge on any atom is -0.381 e. The van der Waals surface area contributed by atoms with Crippen molar-refractivity contribution in [3.8, 4) is 0 Å². The number of nitrogens with zero attached hydrogens (tertiary/aromatic N) is 1. The molecule has 0 aromatic heterocycles. The molecule has 0 aromatic rings. The van der Waals surface area contributed by atoms with Gasteiger partial charge in [-0.15, -0.1) is 24.0 Å². The summed E-state index contributed by atoms with van der Waals surface area (Å²) in [6.07, 6.45) is 7.07. The van der Waals surface area contributed by atoms with E-state index in [2.05, 4.69) is 42.5 Å². The molecule has 2 N–H and O–H groups in total. The van der Waals surface area contributed by atoms with Crippen molar-refractivity contribution in [1.82, 2.24) is 10.6 Å². The Labute approximate surface area is 167 Å². The SMILES string of the molecule is CCNC(=NCC1(C)CCCS1)NCC1(SC)CCOCC1.I. The van der Waals surface area contributed by atoms with E-state index in [0.717, 1.165) is 51.6 Å². The lowest BCUT2D eigenvalue weighted by molar-refractivity contribution is 0.0783. The summed E-state index contributed by atoms with van der Waals surface area (Å²) in [6, 6.07) is 0. The molecule has 2 rings (SSSR count). The molecule has 2 fully saturated rings. The third kappa shape index (κ3) is 6.82. The molecule has 2 aliphatic rings. The van der Waals surface area contributed by atoms with E-state index in [1.165, 1.54) is 18.6 Å². The Hall–Kier alpha value is 0.660. The highest BCUT2D eigenvalue weighted by Gasteiger charge is 2.32. The average Bonchev–Trinajstić information content (AvgIpc) is 2.98. The van der Waals surface area contributed by atoms with E-state index in [4.69, 9.17) is 9.73 Å². The second kappa shape index (κ2) is 10.6. The molecule has 23 heavy (non-hydrogen) atoms. The summed E-state index contributed by atoms with van der Waals surface area (Å²) in [6.45, 7) is 9.01. The van der Waals surface area contributed by atoms with Gasteiger partial charge in [0.05, 0.1) is 6.54 Å². The molecule has 0 aliphatic carbocycles. The zero-order valence-electron chi connectivity index (χ0n) is 14.7. The summed E-state index contributed by atoms with van der Waals surface area (Å²) in [7, 11) is 0. The van der Waals surface area contributed by atoms with Gasteiger partial charge in [0.1, 0.15) is 0 Å². The van der Waals surface area contributed by atoms with Gasteiger partial charge in [0, 0.05) is 35.8 Å². The fraction of sp³-hybridized carbons (Fsp3) is 0.938. The molecule has 2 heterocycles. The van der Waals surface area contributed by atoms with Crippen molar-refractivity contribution in [3.63, 3.8) is 0 Å². The van der Waals surface area contributed by atoms with E-state index >= 15 is 0 Å². The first kappa shape index (κ1) is 21.7. The smallest absolute Gasteiger partial charge is 0.191 e. The summed E-state index contributed by atoms with van der Waals surface area (Å²) in [5, 5.41) is 6.97. The maximum Gasteiger partial charge on any atom is 0.191 e. The van der Waals surface area contributed by atoms with Gasteiger partial charge in [-0.25, -0.2) is 0 Å². The summed E-state index contributed by atoms with van der Waals surface area (Å²) in [5.41, 5.74) is 0. The van der Waals surface area contributed by atoms with Crippen molar-refractivity contribution < 1.29 is 4.74 Å². The lowest BCUT2D eigenvalue weighted by atomic mass is 9.99. The van der Waals surface area contributed by atoms with Crippen molar-refractivity contribution in [1.29, 1.82) is 0 Å². The summed E-state index contributed by atoms with van der Waals surface area (Å²) in [5.74, 6) is 2.25. The van der Waals surface area contributed by atoms with Gasteiger partial charge >= 0.3 is 0 Å². The summed E-state index contributed by atoms with van der Waals surface area (Å²) in [4.78, 5) is 4.85. The zero-order valence-corrected chi connectivity index (χ0v) is 18.6. The maximum atomic E-state index is 5.52. The molecule has 2 aliphatic heterocycles. The van der Waals surface area contributed by atoms with Gasteiger partial charge in [0.2, 0.25) is 0 Å². The number of aliphatic imine (C=N–C) groups is 1. The minimum absolute atomic E-state index is 0. The maximum absolute atomic E-state index is 5.52. The minimum atomic E-state index is 0. The Morgan fingerprint density at radius 1 is 1.26 bits per heavy atom. The van der Waals surface area contributed by atoms with Crippen LogP contribution in [0.2, 0.25) is 0 Å². The van der Waals surface area contributed by atoms with Crippen molar-refractivity contribution in [2.24, 2.45) is 4.99 Å². The fourth-order valence-corrected chi connectivity index (χ4v) is 5.01. The highest BCUT2D eigenvalue weighted by Crippen LogP contribution is 2.37. The third-order valence-electron chi connectivity index (χ3n) is 4.63. The highest BCUT2D eigenvalue weighted by atomic mass is 127. The second-order valence-electron chi connectivity index (χ2n) is 6.45. The van der Waals surface area contributed by atoms with E-state index in [9.17, 15) is 0 Å². The number of ether oxygens (including phenoxy) is 1. The normalized spacial score (nSPS) is 27.3. The average molecular weight is 473 g/mol. The molecule has 0 aromatic carbocycles. The van der Waals surface area contributed by atoms with Crippen LogP contribution >= 0.6 is 47.5 Å². The molecule has 136 valence electrons. The molecule has 2 saturated heterocycles. The van der Waals surface area contributed by atoms with Crippen LogP contribution < -0.4 is 10.6 Å². The van der Waals surface area contributed by atoms with Crippen molar-refractivity contribution >= 4 is 53.5 Å². The topological polar surface area (TPSA) is 45.7 Å². The number of hydrogen-bond donors (Lipinski definition) is 2. The largest absolute Gasteiger partial charge is 0.381 e. The number of guanidine groups is 1. The molecular weight excluding hydrogens is 441 g/mol. The van der Waals surface area contributed by atoms with Gasteiger partial charge in [0.25, 0.3) is 0 Å². The number of nitrogens with one attached hydrogen (secondary N) is 2. The monoisotopic (exact) mass is 473 g/mol. The molecule has 1 atom stereocenters. The Kier molecular flexibility index (Phi) is 10.0. The first-order valence-corrected chi connectivity index (χ1v) is 10.6. The number of thioether (sulfide) groups is 2. The van der Waals surface area contributed by atoms with Crippen molar-refractivity contribution in [3.05, 3.63) is 0 Å². The lowest BCUT2D eigenvalue weighted by Crippen LogP contribution is -2.48. The van der Waals surface area contributed by atoms with Crippen LogP contribution in [0.15, 0.2) is 4.99 Å². The summed E-state index contributed by atoms with van der Waals surface area (Å²) < 4.78 is 6.14. The van der Waals surface area contributed by atoms with Crippen LogP contribution in [0, 0.1) is 0 Å². The number of halogens is 1. The second-order valence-corrected chi connectivity index (χ2v) is 9.41. The third-order valence-corrected chi connectivity index (χ3v) is 7.57. The van der Waals surface area contributed by atoms with E-state index in [0.29, 0.717) is 9.49 Å². The van der Waals surface area contributed by atoms with Gasteiger partial charge in [-0.05, 0) is 51.5 Å². The van der Waals surface area contributed by atoms with E-state index < -0.39 is 0 Å². The van der Waals surface area contributed by atoms with Crippen molar-refractivity contribution in [2.75, 3.05) is 44.9 Å². The first-order chi connectivity index (χ1) is 10.6. The van der Waals surface area contributed by atoms with Gasteiger partial charge in [-0.3, -0.25) is 4.99 Å². The van der Waals surface area contributed by atoms with Gasteiger partial charge in [-0.1, -0.05) is 0 Å². The fourth-order valence-electron chi connectivity index (χ4n) is 2.99. The van der Waals surface area contributed by atoms with E-state index in [-0.39, 0.29) is 24.0 Å². The van der Waals surface area contributed by atoms with Gasteiger partial charge in [0.15, 0.2) is 5.96 Å². The molecule has 0 bridgehead atoms. The molecule has 7 heteroatoms. The molecule has 0 amide bonds.